The standard InChI is InChI=1S/C12H13N3O2S2/c1-2-6-13-9-4-3-5-10(11(9)15(16)17)19-12-14-7-8-18-12/h3-5,7-8,13H,2,6H2,1H3. The fraction of sp³-hybridized carbons (Fsp3) is 0.250. The number of hydrogen-bond acceptors (Lipinski definition) is 6. The van der Waals surface area contributed by atoms with E-state index in [0.29, 0.717) is 17.1 Å². The molecule has 0 spiro atoms. The number of thiazole rings is 1. The fourth-order valence-corrected chi connectivity index (χ4v) is 3.27. The highest BCUT2D eigenvalue weighted by Gasteiger charge is 2.20. The van der Waals surface area contributed by atoms with Gasteiger partial charge < -0.3 is 5.32 Å². The number of nitrogens with one attached hydrogen (secondary N) is 1. The van der Waals surface area contributed by atoms with E-state index in [-0.39, 0.29) is 10.6 Å². The third-order valence-electron chi connectivity index (χ3n) is 2.35. The van der Waals surface area contributed by atoms with Gasteiger partial charge in [-0.25, -0.2) is 4.98 Å². The van der Waals surface area contributed by atoms with Crippen LogP contribution < -0.4 is 5.32 Å². The van der Waals surface area contributed by atoms with Gasteiger partial charge in [-0.2, -0.15) is 0 Å². The van der Waals surface area contributed by atoms with Crippen LogP contribution in [0.5, 0.6) is 0 Å². The first-order valence-electron chi connectivity index (χ1n) is 5.81. The van der Waals surface area contributed by atoms with Crippen molar-refractivity contribution in [2.45, 2.75) is 22.6 Å². The zero-order chi connectivity index (χ0) is 13.7. The smallest absolute Gasteiger partial charge is 0.306 e. The van der Waals surface area contributed by atoms with Crippen molar-refractivity contribution in [1.29, 1.82) is 0 Å². The van der Waals surface area contributed by atoms with E-state index in [1.807, 2.05) is 18.4 Å². The molecule has 0 aliphatic carbocycles. The van der Waals surface area contributed by atoms with Crippen molar-refractivity contribution in [2.75, 3.05) is 11.9 Å². The molecule has 100 valence electrons. The molecule has 1 heterocycles. The van der Waals surface area contributed by atoms with Crippen molar-refractivity contribution in [2.24, 2.45) is 0 Å². The summed E-state index contributed by atoms with van der Waals surface area (Å²) in [6.07, 6.45) is 2.61. The van der Waals surface area contributed by atoms with E-state index in [4.69, 9.17) is 0 Å². The molecule has 0 saturated heterocycles. The summed E-state index contributed by atoms with van der Waals surface area (Å²) >= 11 is 2.79. The minimum absolute atomic E-state index is 0.121. The zero-order valence-corrected chi connectivity index (χ0v) is 12.0. The summed E-state index contributed by atoms with van der Waals surface area (Å²) in [5, 5.41) is 16.2. The Morgan fingerprint density at radius 3 is 3.00 bits per heavy atom. The summed E-state index contributed by atoms with van der Waals surface area (Å²) in [5.74, 6) is 0. The molecular weight excluding hydrogens is 282 g/mol. The minimum atomic E-state index is -0.339. The molecule has 0 radical (unpaired) electrons. The van der Waals surface area contributed by atoms with Crippen LogP contribution >= 0.6 is 23.1 Å². The normalized spacial score (nSPS) is 10.4. The lowest BCUT2D eigenvalue weighted by Crippen LogP contribution is -2.03. The van der Waals surface area contributed by atoms with Gasteiger partial charge in [0.15, 0.2) is 4.34 Å². The maximum atomic E-state index is 11.3. The number of para-hydroxylation sites is 1. The number of nitro groups is 1. The molecule has 0 unspecified atom stereocenters. The molecule has 0 aliphatic heterocycles. The third-order valence-corrected chi connectivity index (χ3v) is 4.29. The molecule has 2 rings (SSSR count). The highest BCUT2D eigenvalue weighted by Crippen LogP contribution is 2.39. The van der Waals surface area contributed by atoms with Crippen molar-refractivity contribution in [1.82, 2.24) is 4.98 Å². The van der Waals surface area contributed by atoms with Crippen LogP contribution in [0.3, 0.4) is 0 Å². The monoisotopic (exact) mass is 295 g/mol. The summed E-state index contributed by atoms with van der Waals surface area (Å²) in [5.41, 5.74) is 0.685. The van der Waals surface area contributed by atoms with Gasteiger partial charge in [-0.1, -0.05) is 24.8 Å². The van der Waals surface area contributed by atoms with Crippen LogP contribution in [0.1, 0.15) is 13.3 Å². The van der Waals surface area contributed by atoms with E-state index in [1.165, 1.54) is 23.1 Å². The molecule has 19 heavy (non-hydrogen) atoms. The lowest BCUT2D eigenvalue weighted by atomic mass is 10.2. The van der Waals surface area contributed by atoms with Crippen molar-refractivity contribution in [3.8, 4) is 0 Å². The van der Waals surface area contributed by atoms with Crippen molar-refractivity contribution in [3.05, 3.63) is 39.9 Å². The molecule has 0 aliphatic rings. The van der Waals surface area contributed by atoms with Crippen molar-refractivity contribution in [3.63, 3.8) is 0 Å². The van der Waals surface area contributed by atoms with Crippen LogP contribution in [0.4, 0.5) is 11.4 Å². The topological polar surface area (TPSA) is 68.1 Å². The SMILES string of the molecule is CCCNc1cccc(Sc2nccs2)c1[N+](=O)[O-]. The van der Waals surface area contributed by atoms with Crippen LogP contribution in [0.15, 0.2) is 39.0 Å². The van der Waals surface area contributed by atoms with Gasteiger partial charge >= 0.3 is 5.69 Å². The van der Waals surface area contributed by atoms with Gasteiger partial charge in [0.05, 0.1) is 9.82 Å². The zero-order valence-electron chi connectivity index (χ0n) is 10.3. The Hall–Kier alpha value is -1.60. The largest absolute Gasteiger partial charge is 0.379 e. The quantitative estimate of drug-likeness (QED) is 0.644. The Bertz CT molecular complexity index is 558. The first-order chi connectivity index (χ1) is 9.22. The number of rotatable bonds is 6. The average molecular weight is 295 g/mol. The summed E-state index contributed by atoms with van der Waals surface area (Å²) in [7, 11) is 0. The fourth-order valence-electron chi connectivity index (χ4n) is 1.55. The minimum Gasteiger partial charge on any atom is -0.379 e. The van der Waals surface area contributed by atoms with Crippen LogP contribution in [0.25, 0.3) is 0 Å². The van der Waals surface area contributed by atoms with Gasteiger partial charge in [0, 0.05) is 18.1 Å². The highest BCUT2D eigenvalue weighted by molar-refractivity contribution is 8.01. The number of hydrogen-bond donors (Lipinski definition) is 1. The molecule has 2 aromatic rings. The molecule has 0 atom stereocenters. The van der Waals surface area contributed by atoms with Gasteiger partial charge in [-0.3, -0.25) is 10.1 Å². The maximum absolute atomic E-state index is 11.3. The Morgan fingerprint density at radius 2 is 2.37 bits per heavy atom. The molecule has 1 aromatic carbocycles. The summed E-state index contributed by atoms with van der Waals surface area (Å²) in [4.78, 5) is 15.7. The number of anilines is 1. The van der Waals surface area contributed by atoms with E-state index in [9.17, 15) is 10.1 Å². The van der Waals surface area contributed by atoms with Crippen LogP contribution in [-0.4, -0.2) is 16.5 Å². The van der Waals surface area contributed by atoms with E-state index >= 15 is 0 Å². The average Bonchev–Trinajstić information content (AvgIpc) is 2.89. The van der Waals surface area contributed by atoms with Gasteiger partial charge in [0.25, 0.3) is 0 Å². The van der Waals surface area contributed by atoms with Gasteiger partial charge in [0.1, 0.15) is 5.69 Å². The van der Waals surface area contributed by atoms with Crippen LogP contribution in [-0.2, 0) is 0 Å². The Kier molecular flexibility index (Phi) is 4.75. The number of nitro benzene ring substituents is 1. The molecule has 0 fully saturated rings. The summed E-state index contributed by atoms with van der Waals surface area (Å²) in [6, 6.07) is 5.31. The molecule has 0 bridgehead atoms. The third kappa shape index (κ3) is 3.45. The molecular formula is C12H13N3O2S2. The molecule has 0 saturated carbocycles. The Balaban J connectivity index is 2.33. The lowest BCUT2D eigenvalue weighted by molar-refractivity contribution is -0.386. The van der Waals surface area contributed by atoms with E-state index in [2.05, 4.69) is 10.3 Å². The second-order valence-corrected chi connectivity index (χ2v) is 5.92. The lowest BCUT2D eigenvalue weighted by Gasteiger charge is -2.08. The van der Waals surface area contributed by atoms with Gasteiger partial charge in [-0.05, 0) is 18.6 Å². The van der Waals surface area contributed by atoms with E-state index in [0.717, 1.165) is 10.8 Å². The summed E-state index contributed by atoms with van der Waals surface area (Å²) in [6.45, 7) is 2.74. The van der Waals surface area contributed by atoms with E-state index < -0.39 is 0 Å². The van der Waals surface area contributed by atoms with Gasteiger partial charge in [0.2, 0.25) is 0 Å². The Labute approximate surface area is 119 Å². The van der Waals surface area contributed by atoms with Crippen LogP contribution in [0.2, 0.25) is 0 Å². The maximum Gasteiger partial charge on any atom is 0.306 e. The number of aromatic nitrogens is 1. The summed E-state index contributed by atoms with van der Waals surface area (Å²) < 4.78 is 0.802. The predicted molar refractivity (Wildman–Crippen MR) is 78.1 cm³/mol. The second kappa shape index (κ2) is 6.53. The predicted octanol–water partition coefficient (Wildman–Crippen LogP) is 4.02. The molecule has 1 aromatic heterocycles. The van der Waals surface area contributed by atoms with E-state index in [1.54, 1.807) is 18.3 Å². The van der Waals surface area contributed by atoms with Crippen molar-refractivity contribution >= 4 is 34.5 Å². The van der Waals surface area contributed by atoms with Crippen LogP contribution in [0, 0.1) is 10.1 Å². The molecule has 5 nitrogen and oxygen atoms in total. The number of benzene rings is 1. The second-order valence-electron chi connectivity index (χ2n) is 3.74. The first kappa shape index (κ1) is 13.8. The Morgan fingerprint density at radius 1 is 1.53 bits per heavy atom. The highest BCUT2D eigenvalue weighted by atomic mass is 32.2. The molecule has 7 heteroatoms. The molecule has 0 amide bonds. The van der Waals surface area contributed by atoms with Gasteiger partial charge in [-0.15, -0.1) is 11.3 Å². The van der Waals surface area contributed by atoms with Crippen molar-refractivity contribution < 1.29 is 4.92 Å². The number of nitrogens with zero attached hydrogens (tertiary/aromatic N) is 2. The first-order valence-corrected chi connectivity index (χ1v) is 7.50. The molecule has 1 N–H and O–H groups in total.